The number of hydrogen-bond donors (Lipinski definition) is 1. The van der Waals surface area contributed by atoms with Crippen LogP contribution in [-0.2, 0) is 14.0 Å². The fraction of sp³-hybridized carbons (Fsp3) is 0.938. The molecule has 1 fully saturated rings. The van der Waals surface area contributed by atoms with Crippen molar-refractivity contribution in [2.75, 3.05) is 13.2 Å². The summed E-state index contributed by atoms with van der Waals surface area (Å²) in [5.41, 5.74) is -0.422. The molecule has 1 aliphatic rings. The summed E-state index contributed by atoms with van der Waals surface area (Å²) in [7, 11) is -1.70. The van der Waals surface area contributed by atoms with E-state index in [4.69, 9.17) is 9.16 Å². The van der Waals surface area contributed by atoms with Crippen molar-refractivity contribution in [1.29, 1.82) is 0 Å². The van der Waals surface area contributed by atoms with Gasteiger partial charge in [0.2, 0.25) is 0 Å². The van der Waals surface area contributed by atoms with E-state index in [2.05, 4.69) is 39.2 Å². The molecule has 124 valence electrons. The molecule has 21 heavy (non-hydrogen) atoms. The molecule has 0 aromatic heterocycles. The van der Waals surface area contributed by atoms with Crippen LogP contribution in [0.5, 0.6) is 0 Å². The molecule has 1 N–H and O–H groups in total. The molecular weight excluding hydrogens is 282 g/mol. The van der Waals surface area contributed by atoms with Crippen LogP contribution in [0.3, 0.4) is 0 Å². The van der Waals surface area contributed by atoms with Gasteiger partial charge in [0.15, 0.2) is 8.32 Å². The molecule has 0 aromatic carbocycles. The van der Waals surface area contributed by atoms with Crippen LogP contribution >= 0.6 is 0 Å². The maximum absolute atomic E-state index is 12.1. The third kappa shape index (κ3) is 5.72. The molecule has 1 aliphatic heterocycles. The largest absolute Gasteiger partial charge is 0.459 e. The Bertz CT molecular complexity index is 369. The highest BCUT2D eigenvalue weighted by atomic mass is 28.4. The Balaban J connectivity index is 2.44. The van der Waals surface area contributed by atoms with Crippen LogP contribution in [-0.4, -0.2) is 39.1 Å². The maximum atomic E-state index is 12.1. The van der Waals surface area contributed by atoms with E-state index in [0.717, 1.165) is 19.6 Å². The number of carbonyl (C=O) groups excluding carboxylic acids is 1. The van der Waals surface area contributed by atoms with Crippen LogP contribution < -0.4 is 5.32 Å². The third-order valence-electron chi connectivity index (χ3n) is 4.40. The Labute approximate surface area is 131 Å². The highest BCUT2D eigenvalue weighted by molar-refractivity contribution is 6.74. The first-order chi connectivity index (χ1) is 9.32. The molecule has 1 rings (SSSR count). The molecule has 0 bridgehead atoms. The lowest BCUT2D eigenvalue weighted by Gasteiger charge is -2.36. The monoisotopic (exact) mass is 315 g/mol. The number of carbonyl (C=O) groups is 1. The highest BCUT2D eigenvalue weighted by Crippen LogP contribution is 2.37. The Morgan fingerprint density at radius 2 is 1.76 bits per heavy atom. The predicted octanol–water partition coefficient (Wildman–Crippen LogP) is 3.33. The zero-order valence-corrected chi connectivity index (χ0v) is 16.0. The summed E-state index contributed by atoms with van der Waals surface area (Å²) >= 11 is 0. The van der Waals surface area contributed by atoms with E-state index in [0.29, 0.717) is 5.92 Å². The van der Waals surface area contributed by atoms with Gasteiger partial charge in [-0.25, -0.2) is 0 Å². The van der Waals surface area contributed by atoms with Crippen LogP contribution in [0.4, 0.5) is 0 Å². The average Bonchev–Trinajstić information content (AvgIpc) is 2.71. The molecule has 1 saturated heterocycles. The maximum Gasteiger partial charge on any atom is 0.323 e. The molecule has 0 radical (unpaired) electrons. The van der Waals surface area contributed by atoms with Crippen LogP contribution in [0.25, 0.3) is 0 Å². The van der Waals surface area contributed by atoms with Gasteiger partial charge in [0.25, 0.3) is 0 Å². The first-order valence-electron chi connectivity index (χ1n) is 7.92. The number of ether oxygens (including phenoxy) is 1. The van der Waals surface area contributed by atoms with Gasteiger partial charge in [0.1, 0.15) is 11.6 Å². The normalized spacial score (nSPS) is 24.2. The summed E-state index contributed by atoms with van der Waals surface area (Å²) in [6.07, 6.45) is 0.809. The van der Waals surface area contributed by atoms with Gasteiger partial charge in [-0.05, 0) is 51.2 Å². The predicted molar refractivity (Wildman–Crippen MR) is 88.9 cm³/mol. The lowest BCUT2D eigenvalue weighted by Crippen LogP contribution is -2.42. The van der Waals surface area contributed by atoms with E-state index in [1.807, 2.05) is 20.8 Å². The van der Waals surface area contributed by atoms with Crippen LogP contribution in [0, 0.1) is 5.92 Å². The lowest BCUT2D eigenvalue weighted by molar-refractivity contribution is -0.157. The number of rotatable bonds is 4. The van der Waals surface area contributed by atoms with E-state index in [-0.39, 0.29) is 17.0 Å². The zero-order chi connectivity index (χ0) is 16.5. The van der Waals surface area contributed by atoms with E-state index < -0.39 is 13.9 Å². The van der Waals surface area contributed by atoms with Gasteiger partial charge in [-0.1, -0.05) is 20.8 Å². The van der Waals surface area contributed by atoms with Gasteiger partial charge in [-0.2, -0.15) is 0 Å². The average molecular weight is 316 g/mol. The van der Waals surface area contributed by atoms with Crippen LogP contribution in [0.1, 0.15) is 48.0 Å². The smallest absolute Gasteiger partial charge is 0.323 e. The van der Waals surface area contributed by atoms with Crippen molar-refractivity contribution in [3.05, 3.63) is 0 Å². The van der Waals surface area contributed by atoms with Gasteiger partial charge >= 0.3 is 5.97 Å². The lowest BCUT2D eigenvalue weighted by atomic mass is 10.1. The molecular formula is C16H33NO3Si. The molecule has 5 heteroatoms. The SMILES string of the molecule is CC(C)(C)OC(=O)C1CC(CO[Si](C)(C)C(C)(C)C)CN1. The van der Waals surface area contributed by atoms with Gasteiger partial charge in [-0.3, -0.25) is 4.79 Å². The van der Waals surface area contributed by atoms with Crippen molar-refractivity contribution in [3.8, 4) is 0 Å². The minimum atomic E-state index is -1.70. The topological polar surface area (TPSA) is 47.6 Å². The first-order valence-corrected chi connectivity index (χ1v) is 10.8. The summed E-state index contributed by atoms with van der Waals surface area (Å²) in [5.74, 6) is 0.258. The third-order valence-corrected chi connectivity index (χ3v) is 8.90. The summed E-state index contributed by atoms with van der Waals surface area (Å²) in [4.78, 5) is 12.1. The molecule has 4 nitrogen and oxygen atoms in total. The standard InChI is InChI=1S/C16H33NO3Si/c1-15(2,3)20-14(18)13-9-12(10-17-13)11-19-21(7,8)16(4,5)6/h12-13,17H,9-11H2,1-8H3. The number of esters is 1. The van der Waals surface area contributed by atoms with Crippen molar-refractivity contribution in [2.24, 2.45) is 5.92 Å². The second-order valence-electron chi connectivity index (χ2n) is 8.67. The second-order valence-corrected chi connectivity index (χ2v) is 13.5. The molecule has 2 atom stereocenters. The van der Waals surface area contributed by atoms with Crippen LogP contribution in [0.2, 0.25) is 18.1 Å². The minimum absolute atomic E-state index is 0.141. The van der Waals surface area contributed by atoms with E-state index in [1.165, 1.54) is 0 Å². The van der Waals surface area contributed by atoms with Crippen molar-refractivity contribution >= 4 is 14.3 Å². The summed E-state index contributed by atoms with van der Waals surface area (Å²) in [6, 6.07) is -0.183. The Hall–Kier alpha value is -0.393. The van der Waals surface area contributed by atoms with Gasteiger partial charge in [0, 0.05) is 13.2 Å². The molecule has 1 heterocycles. The Morgan fingerprint density at radius 3 is 2.24 bits per heavy atom. The van der Waals surface area contributed by atoms with Crippen molar-refractivity contribution in [1.82, 2.24) is 5.32 Å². The summed E-state index contributed by atoms with van der Waals surface area (Å²) in [6.45, 7) is 18.5. The quantitative estimate of drug-likeness (QED) is 0.638. The van der Waals surface area contributed by atoms with Gasteiger partial charge < -0.3 is 14.5 Å². The minimum Gasteiger partial charge on any atom is -0.459 e. The first kappa shape index (κ1) is 18.7. The van der Waals surface area contributed by atoms with Crippen molar-refractivity contribution in [2.45, 2.75) is 77.7 Å². The molecule has 0 amide bonds. The Morgan fingerprint density at radius 1 is 1.19 bits per heavy atom. The number of nitrogens with one attached hydrogen (secondary N) is 1. The molecule has 0 saturated carbocycles. The Kier molecular flexibility index (Phi) is 5.67. The fourth-order valence-electron chi connectivity index (χ4n) is 2.03. The van der Waals surface area contributed by atoms with E-state index in [9.17, 15) is 4.79 Å². The van der Waals surface area contributed by atoms with Gasteiger partial charge in [0.05, 0.1) is 0 Å². The summed E-state index contributed by atoms with van der Waals surface area (Å²) in [5, 5.41) is 3.49. The van der Waals surface area contributed by atoms with E-state index >= 15 is 0 Å². The molecule has 0 aromatic rings. The molecule has 0 spiro atoms. The highest BCUT2D eigenvalue weighted by Gasteiger charge is 2.39. The molecule has 2 unspecified atom stereocenters. The van der Waals surface area contributed by atoms with E-state index in [1.54, 1.807) is 0 Å². The second kappa shape index (κ2) is 6.38. The van der Waals surface area contributed by atoms with Crippen molar-refractivity contribution < 1.29 is 14.0 Å². The fourth-order valence-corrected chi connectivity index (χ4v) is 3.12. The van der Waals surface area contributed by atoms with Crippen molar-refractivity contribution in [3.63, 3.8) is 0 Å². The number of hydrogen-bond acceptors (Lipinski definition) is 4. The summed E-state index contributed by atoms with van der Waals surface area (Å²) < 4.78 is 11.7. The van der Waals surface area contributed by atoms with Crippen LogP contribution in [0.15, 0.2) is 0 Å². The van der Waals surface area contributed by atoms with Gasteiger partial charge in [-0.15, -0.1) is 0 Å². The molecule has 0 aliphatic carbocycles. The zero-order valence-electron chi connectivity index (χ0n) is 15.0.